The van der Waals surface area contributed by atoms with Crippen LogP contribution in [0.4, 0.5) is 0 Å². The van der Waals surface area contributed by atoms with Gasteiger partial charge in [-0.05, 0) is 17.0 Å². The van der Waals surface area contributed by atoms with E-state index < -0.39 is 0 Å². The Balaban J connectivity index is 1.81. The molecule has 110 valence electrons. The molecule has 1 N–H and O–H groups in total. The van der Waals surface area contributed by atoms with Crippen LogP contribution >= 0.6 is 0 Å². The highest BCUT2D eigenvalue weighted by molar-refractivity contribution is 7.95. The third-order valence-electron chi connectivity index (χ3n) is 3.19. The summed E-state index contributed by atoms with van der Waals surface area (Å²) >= 11 is 0. The molecule has 0 aliphatic heterocycles. The Kier molecular flexibility index (Phi) is 4.21. The van der Waals surface area contributed by atoms with Crippen LogP contribution in [0.5, 0.6) is 0 Å². The summed E-state index contributed by atoms with van der Waals surface area (Å²) in [6.45, 7) is 1.29. The van der Waals surface area contributed by atoms with Crippen molar-refractivity contribution in [2.24, 2.45) is 0 Å². The Morgan fingerprint density at radius 3 is 3.00 bits per heavy atom. The van der Waals surface area contributed by atoms with Crippen LogP contribution in [-0.4, -0.2) is 49.6 Å². The van der Waals surface area contributed by atoms with Crippen LogP contribution in [0.25, 0.3) is 22.3 Å². The van der Waals surface area contributed by atoms with Crippen LogP contribution in [0, 0.1) is 0 Å². The van der Waals surface area contributed by atoms with Crippen molar-refractivity contribution in [3.63, 3.8) is 0 Å². The molecular weight excluding hydrogens is 286 g/mol. The first-order valence-corrected chi connectivity index (χ1v) is 8.87. The molecule has 0 unspecified atom stereocenters. The molecule has 3 heterocycles. The molecule has 0 radical (unpaired) electrons. The maximum atomic E-state index is 5.72. The minimum absolute atomic E-state index is 0.415. The van der Waals surface area contributed by atoms with Gasteiger partial charge in [0.25, 0.3) is 0 Å². The predicted octanol–water partition coefficient (Wildman–Crippen LogP) is 1.67. The Morgan fingerprint density at radius 2 is 2.24 bits per heavy atom. The molecule has 0 saturated carbocycles. The van der Waals surface area contributed by atoms with Crippen molar-refractivity contribution in [1.82, 2.24) is 24.7 Å². The first kappa shape index (κ1) is 14.1. The minimum atomic E-state index is 0.415. The number of hydrogen-bond acceptors (Lipinski definition) is 4. The molecular formula is C14H18N5OS+. The van der Waals surface area contributed by atoms with Crippen molar-refractivity contribution in [2.75, 3.05) is 24.9 Å². The van der Waals surface area contributed by atoms with Crippen molar-refractivity contribution >= 4 is 21.9 Å². The quantitative estimate of drug-likeness (QED) is 0.555. The van der Waals surface area contributed by atoms with Crippen molar-refractivity contribution in [3.8, 4) is 11.3 Å². The molecule has 6 nitrogen and oxygen atoms in total. The second-order valence-corrected chi connectivity index (χ2v) is 7.34. The Hall–Kier alpha value is -1.86. The van der Waals surface area contributed by atoms with Gasteiger partial charge < -0.3 is 9.30 Å². The van der Waals surface area contributed by atoms with Crippen molar-refractivity contribution < 1.29 is 4.74 Å². The molecule has 21 heavy (non-hydrogen) atoms. The topological polar surface area (TPSA) is 68.6 Å². The summed E-state index contributed by atoms with van der Waals surface area (Å²) in [5.41, 5.74) is 2.73. The number of hydrogen-bond donors (Lipinski definition) is 1. The van der Waals surface area contributed by atoms with E-state index >= 15 is 0 Å². The maximum Gasteiger partial charge on any atom is 0.145 e. The van der Waals surface area contributed by atoms with Gasteiger partial charge in [-0.1, -0.05) is 0 Å². The summed E-state index contributed by atoms with van der Waals surface area (Å²) in [6.07, 6.45) is 11.6. The molecule has 3 aromatic rings. The zero-order valence-corrected chi connectivity index (χ0v) is 12.9. The van der Waals surface area contributed by atoms with E-state index in [1.165, 1.54) is 0 Å². The van der Waals surface area contributed by atoms with Gasteiger partial charge in [0.1, 0.15) is 24.5 Å². The van der Waals surface area contributed by atoms with E-state index in [-0.39, 0.29) is 0 Å². The monoisotopic (exact) mass is 304 g/mol. The lowest BCUT2D eigenvalue weighted by Crippen LogP contribution is -2.11. The molecule has 0 aromatic carbocycles. The Bertz CT molecular complexity index is 707. The molecule has 0 fully saturated rings. The van der Waals surface area contributed by atoms with Crippen LogP contribution in [-0.2, 0) is 22.4 Å². The molecule has 0 atom stereocenters. The Labute approximate surface area is 125 Å². The fraction of sp³-hybridized carbons (Fsp3) is 0.357. The van der Waals surface area contributed by atoms with Gasteiger partial charge in [-0.25, -0.2) is 9.97 Å². The van der Waals surface area contributed by atoms with Gasteiger partial charge >= 0.3 is 0 Å². The fourth-order valence-corrected chi connectivity index (χ4v) is 2.56. The maximum absolute atomic E-state index is 5.72. The van der Waals surface area contributed by atoms with Crippen LogP contribution in [0.1, 0.15) is 0 Å². The van der Waals surface area contributed by atoms with E-state index in [1.54, 1.807) is 12.5 Å². The average molecular weight is 304 g/mol. The third-order valence-corrected chi connectivity index (χ3v) is 4.18. The second kappa shape index (κ2) is 6.28. The van der Waals surface area contributed by atoms with Gasteiger partial charge in [0.05, 0.1) is 31.0 Å². The van der Waals surface area contributed by atoms with E-state index in [4.69, 9.17) is 4.74 Å². The molecule has 0 amide bonds. The van der Waals surface area contributed by atoms with E-state index in [0.717, 1.165) is 34.7 Å². The number of fused-ring (bicyclic) bond motifs is 1. The molecule has 0 bridgehead atoms. The highest BCUT2D eigenvalue weighted by Gasteiger charge is 2.11. The molecule has 7 heteroatoms. The predicted molar refractivity (Wildman–Crippen MR) is 85.1 cm³/mol. The number of aromatic nitrogens is 5. The van der Waals surface area contributed by atoms with E-state index in [2.05, 4.69) is 32.7 Å². The van der Waals surface area contributed by atoms with Crippen LogP contribution in [0.15, 0.2) is 31.0 Å². The van der Waals surface area contributed by atoms with Crippen molar-refractivity contribution in [2.45, 2.75) is 6.73 Å². The lowest BCUT2D eigenvalue weighted by Gasteiger charge is -2.06. The van der Waals surface area contributed by atoms with Gasteiger partial charge in [-0.15, -0.1) is 0 Å². The third kappa shape index (κ3) is 3.08. The first-order chi connectivity index (χ1) is 10.3. The second-order valence-electron chi connectivity index (χ2n) is 4.96. The molecule has 0 aliphatic carbocycles. The number of aromatic amines is 1. The highest BCUT2D eigenvalue weighted by atomic mass is 32.2. The molecule has 0 spiro atoms. The van der Waals surface area contributed by atoms with Gasteiger partial charge in [0, 0.05) is 23.3 Å². The molecule has 0 saturated heterocycles. The standard InChI is InChI=1S/C14H18N5OS/c1-21(2)6-5-20-10-19-4-3-12-13(11-7-17-18-8-11)15-9-16-14(12)19/h3-4,7-9H,5-6,10H2,1-2H3,(H,17,18)/q+1. The van der Waals surface area contributed by atoms with Crippen molar-refractivity contribution in [3.05, 3.63) is 31.0 Å². The summed E-state index contributed by atoms with van der Waals surface area (Å²) in [5, 5.41) is 7.79. The summed E-state index contributed by atoms with van der Waals surface area (Å²) in [4.78, 5) is 8.73. The molecule has 0 aliphatic rings. The molecule has 3 rings (SSSR count). The van der Waals surface area contributed by atoms with Crippen LogP contribution < -0.4 is 0 Å². The summed E-state index contributed by atoms with van der Waals surface area (Å²) in [5.74, 6) is 1.09. The lowest BCUT2D eigenvalue weighted by molar-refractivity contribution is 0.0924. The van der Waals surface area contributed by atoms with Gasteiger partial charge in [-0.3, -0.25) is 5.10 Å². The largest absolute Gasteiger partial charge is 0.356 e. The van der Waals surface area contributed by atoms with Crippen molar-refractivity contribution in [1.29, 1.82) is 0 Å². The highest BCUT2D eigenvalue weighted by Crippen LogP contribution is 2.24. The summed E-state index contributed by atoms with van der Waals surface area (Å²) in [6, 6.07) is 2.02. The number of nitrogens with one attached hydrogen (secondary N) is 1. The lowest BCUT2D eigenvalue weighted by atomic mass is 10.2. The SMILES string of the molecule is C[S+](C)CCOCn1ccc2c(-c3cn[nH]c3)ncnc21. The number of nitrogens with zero attached hydrogens (tertiary/aromatic N) is 4. The van der Waals surface area contributed by atoms with E-state index in [9.17, 15) is 0 Å². The summed E-state index contributed by atoms with van der Waals surface area (Å²) in [7, 11) is 0.415. The van der Waals surface area contributed by atoms with Crippen LogP contribution in [0.3, 0.4) is 0 Å². The van der Waals surface area contributed by atoms with Crippen LogP contribution in [0.2, 0.25) is 0 Å². The zero-order valence-electron chi connectivity index (χ0n) is 12.1. The molecule has 3 aromatic heterocycles. The summed E-state index contributed by atoms with van der Waals surface area (Å²) < 4.78 is 7.72. The smallest absolute Gasteiger partial charge is 0.145 e. The minimum Gasteiger partial charge on any atom is -0.356 e. The first-order valence-electron chi connectivity index (χ1n) is 6.66. The van der Waals surface area contributed by atoms with E-state index in [1.807, 2.05) is 23.0 Å². The number of ether oxygens (including phenoxy) is 1. The number of rotatable bonds is 6. The van der Waals surface area contributed by atoms with E-state index in [0.29, 0.717) is 17.6 Å². The van der Waals surface area contributed by atoms with Gasteiger partial charge in [0.2, 0.25) is 0 Å². The number of H-pyrrole nitrogens is 1. The van der Waals surface area contributed by atoms with Gasteiger partial charge in [0.15, 0.2) is 0 Å². The average Bonchev–Trinajstić information content (AvgIpc) is 3.13. The normalized spacial score (nSPS) is 11.6. The fourth-order valence-electron chi connectivity index (χ4n) is 2.11. The zero-order chi connectivity index (χ0) is 14.7. The Morgan fingerprint density at radius 1 is 1.33 bits per heavy atom. The van der Waals surface area contributed by atoms with Gasteiger partial charge in [-0.2, -0.15) is 5.10 Å².